The van der Waals surface area contributed by atoms with E-state index in [1.54, 1.807) is 6.20 Å². The molecule has 1 atom stereocenters. The molecule has 1 aliphatic heterocycles. The predicted molar refractivity (Wildman–Crippen MR) is 83.3 cm³/mol. The van der Waals surface area contributed by atoms with Crippen LogP contribution in [0.15, 0.2) is 24.5 Å². The topological polar surface area (TPSA) is 54.5 Å². The van der Waals surface area contributed by atoms with E-state index < -0.39 is 0 Å². The zero-order valence-corrected chi connectivity index (χ0v) is 12.8. The minimum absolute atomic E-state index is 0.158. The van der Waals surface area contributed by atoms with Gasteiger partial charge in [-0.2, -0.15) is 0 Å². The van der Waals surface area contributed by atoms with Crippen LogP contribution in [0.3, 0.4) is 0 Å². The van der Waals surface area contributed by atoms with Gasteiger partial charge in [-0.15, -0.1) is 0 Å². The molecule has 0 radical (unpaired) electrons. The van der Waals surface area contributed by atoms with Crippen LogP contribution in [0, 0.1) is 5.92 Å². The fourth-order valence-electron chi connectivity index (χ4n) is 2.52. The summed E-state index contributed by atoms with van der Waals surface area (Å²) >= 11 is 0. The maximum Gasteiger partial charge on any atom is 0.409 e. The van der Waals surface area contributed by atoms with Crippen LogP contribution in [0.4, 0.5) is 10.5 Å². The van der Waals surface area contributed by atoms with E-state index in [9.17, 15) is 4.79 Å². The first-order valence-electron chi connectivity index (χ1n) is 7.85. The smallest absolute Gasteiger partial charge is 0.409 e. The Bertz CT molecular complexity index is 425. The number of carbonyl (C=O) groups is 1. The highest BCUT2D eigenvalue weighted by molar-refractivity contribution is 5.67. The Hall–Kier alpha value is -1.78. The van der Waals surface area contributed by atoms with Gasteiger partial charge in [-0.25, -0.2) is 4.79 Å². The second kappa shape index (κ2) is 8.49. The van der Waals surface area contributed by atoms with Crippen LogP contribution in [0.1, 0.15) is 32.6 Å². The molecule has 1 aromatic rings. The Labute approximate surface area is 126 Å². The van der Waals surface area contributed by atoms with Crippen LogP contribution in [-0.2, 0) is 4.74 Å². The molecule has 1 fully saturated rings. The lowest BCUT2D eigenvalue weighted by molar-refractivity contribution is 0.0848. The standard InChI is InChI=1S/C16H25N3O2/c1-2-3-10-21-16(20)19-9-5-6-14(13-19)11-18-15-7-4-8-17-12-15/h4,7-8,12,14,18H,2-3,5-6,9-11,13H2,1H3. The largest absolute Gasteiger partial charge is 0.449 e. The molecule has 5 heteroatoms. The third-order valence-corrected chi connectivity index (χ3v) is 3.76. The molecule has 1 aromatic heterocycles. The van der Waals surface area contributed by atoms with E-state index in [0.29, 0.717) is 12.5 Å². The van der Waals surface area contributed by atoms with Crippen molar-refractivity contribution in [3.8, 4) is 0 Å². The summed E-state index contributed by atoms with van der Waals surface area (Å²) in [6.45, 7) is 5.08. The first kappa shape index (κ1) is 15.6. The number of nitrogens with one attached hydrogen (secondary N) is 1. The normalized spacial score (nSPS) is 18.3. The third kappa shape index (κ3) is 5.25. The van der Waals surface area contributed by atoms with Gasteiger partial charge in [0.25, 0.3) is 0 Å². The lowest BCUT2D eigenvalue weighted by Gasteiger charge is -2.32. The van der Waals surface area contributed by atoms with Crippen LogP contribution in [0.25, 0.3) is 0 Å². The first-order chi connectivity index (χ1) is 10.3. The van der Waals surface area contributed by atoms with Crippen molar-refractivity contribution in [1.29, 1.82) is 0 Å². The molecular weight excluding hydrogens is 266 g/mol. The number of rotatable bonds is 6. The highest BCUT2D eigenvalue weighted by Crippen LogP contribution is 2.18. The molecule has 1 saturated heterocycles. The second-order valence-electron chi connectivity index (χ2n) is 5.54. The quantitative estimate of drug-likeness (QED) is 0.818. The molecule has 5 nitrogen and oxygen atoms in total. The summed E-state index contributed by atoms with van der Waals surface area (Å²) in [5.74, 6) is 0.470. The summed E-state index contributed by atoms with van der Waals surface area (Å²) in [5.41, 5.74) is 1.03. The van der Waals surface area contributed by atoms with Crippen LogP contribution in [0.2, 0.25) is 0 Å². The number of piperidine rings is 1. The first-order valence-corrected chi connectivity index (χ1v) is 7.85. The zero-order valence-electron chi connectivity index (χ0n) is 12.8. The van der Waals surface area contributed by atoms with Crippen molar-refractivity contribution < 1.29 is 9.53 Å². The Kier molecular flexibility index (Phi) is 6.31. The molecule has 1 unspecified atom stereocenters. The van der Waals surface area contributed by atoms with Crippen LogP contribution in [0.5, 0.6) is 0 Å². The minimum Gasteiger partial charge on any atom is -0.449 e. The highest BCUT2D eigenvalue weighted by Gasteiger charge is 2.24. The minimum atomic E-state index is -0.158. The van der Waals surface area contributed by atoms with Crippen LogP contribution >= 0.6 is 0 Å². The van der Waals surface area contributed by atoms with Crippen LogP contribution in [-0.4, -0.2) is 42.2 Å². The lowest BCUT2D eigenvalue weighted by atomic mass is 9.98. The van der Waals surface area contributed by atoms with Gasteiger partial charge in [-0.1, -0.05) is 13.3 Å². The second-order valence-corrected chi connectivity index (χ2v) is 5.54. The SMILES string of the molecule is CCCCOC(=O)N1CCCC(CNc2cccnc2)C1. The van der Waals surface area contributed by atoms with E-state index in [1.807, 2.05) is 23.2 Å². The van der Waals surface area contributed by atoms with Gasteiger partial charge in [0.2, 0.25) is 0 Å². The summed E-state index contributed by atoms with van der Waals surface area (Å²) < 4.78 is 5.29. The van der Waals surface area contributed by atoms with Crippen molar-refractivity contribution >= 4 is 11.8 Å². The number of aromatic nitrogens is 1. The average Bonchev–Trinajstić information content (AvgIpc) is 2.54. The number of unbranched alkanes of at least 4 members (excludes halogenated alkanes) is 1. The maximum atomic E-state index is 12.0. The van der Waals surface area contributed by atoms with Crippen molar-refractivity contribution in [2.24, 2.45) is 5.92 Å². The van der Waals surface area contributed by atoms with Gasteiger partial charge in [-0.3, -0.25) is 4.98 Å². The summed E-state index contributed by atoms with van der Waals surface area (Å²) in [7, 11) is 0. The fourth-order valence-corrected chi connectivity index (χ4v) is 2.52. The van der Waals surface area contributed by atoms with Crippen molar-refractivity contribution in [1.82, 2.24) is 9.88 Å². The molecule has 0 bridgehead atoms. The number of hydrogen-bond acceptors (Lipinski definition) is 4. The van der Waals surface area contributed by atoms with Gasteiger partial charge < -0.3 is 15.0 Å². The third-order valence-electron chi connectivity index (χ3n) is 3.76. The molecule has 1 amide bonds. The Morgan fingerprint density at radius 3 is 3.24 bits per heavy atom. The number of nitrogens with zero attached hydrogens (tertiary/aromatic N) is 2. The van der Waals surface area contributed by atoms with Gasteiger partial charge in [0.05, 0.1) is 12.3 Å². The van der Waals surface area contributed by atoms with E-state index in [2.05, 4.69) is 17.2 Å². The number of pyridine rings is 1. The summed E-state index contributed by atoms with van der Waals surface area (Å²) in [6, 6.07) is 3.92. The monoisotopic (exact) mass is 291 g/mol. The molecule has 0 spiro atoms. The molecule has 0 saturated carbocycles. The number of ether oxygens (including phenoxy) is 1. The van der Waals surface area contributed by atoms with E-state index in [-0.39, 0.29) is 6.09 Å². The molecule has 21 heavy (non-hydrogen) atoms. The van der Waals surface area contributed by atoms with Gasteiger partial charge in [-0.05, 0) is 37.3 Å². The predicted octanol–water partition coefficient (Wildman–Crippen LogP) is 3.14. The zero-order chi connectivity index (χ0) is 14.9. The van der Waals surface area contributed by atoms with Crippen molar-refractivity contribution in [2.75, 3.05) is 31.6 Å². The summed E-state index contributed by atoms with van der Waals surface area (Å²) in [4.78, 5) is 17.9. The molecule has 116 valence electrons. The van der Waals surface area contributed by atoms with Crippen LogP contribution < -0.4 is 5.32 Å². The van der Waals surface area contributed by atoms with Gasteiger partial charge in [0.15, 0.2) is 0 Å². The molecule has 0 aliphatic carbocycles. The molecular formula is C16H25N3O2. The molecule has 1 aliphatic rings. The van der Waals surface area contributed by atoms with Crippen molar-refractivity contribution in [3.63, 3.8) is 0 Å². The number of hydrogen-bond donors (Lipinski definition) is 1. The van der Waals surface area contributed by atoms with E-state index in [0.717, 1.165) is 51.0 Å². The Balaban J connectivity index is 1.74. The van der Waals surface area contributed by atoms with Gasteiger partial charge in [0, 0.05) is 32.0 Å². The number of carbonyl (C=O) groups excluding carboxylic acids is 1. The van der Waals surface area contributed by atoms with E-state index in [1.165, 1.54) is 0 Å². The molecule has 1 N–H and O–H groups in total. The number of likely N-dealkylation sites (tertiary alicyclic amines) is 1. The Morgan fingerprint density at radius 2 is 2.48 bits per heavy atom. The highest BCUT2D eigenvalue weighted by atomic mass is 16.6. The average molecular weight is 291 g/mol. The lowest BCUT2D eigenvalue weighted by Crippen LogP contribution is -2.42. The molecule has 2 rings (SSSR count). The summed E-state index contributed by atoms with van der Waals surface area (Å²) in [6.07, 6.45) is 7.60. The molecule has 2 heterocycles. The Morgan fingerprint density at radius 1 is 1.57 bits per heavy atom. The van der Waals surface area contributed by atoms with Gasteiger partial charge >= 0.3 is 6.09 Å². The van der Waals surface area contributed by atoms with Crippen molar-refractivity contribution in [2.45, 2.75) is 32.6 Å². The van der Waals surface area contributed by atoms with E-state index >= 15 is 0 Å². The van der Waals surface area contributed by atoms with Gasteiger partial charge in [0.1, 0.15) is 0 Å². The summed E-state index contributed by atoms with van der Waals surface area (Å²) in [5, 5.41) is 3.38. The molecule has 0 aromatic carbocycles. The number of anilines is 1. The fraction of sp³-hybridized carbons (Fsp3) is 0.625. The number of amides is 1. The van der Waals surface area contributed by atoms with E-state index in [4.69, 9.17) is 4.74 Å². The van der Waals surface area contributed by atoms with Crippen molar-refractivity contribution in [3.05, 3.63) is 24.5 Å². The maximum absolute atomic E-state index is 12.0.